The number of ether oxygens (including phenoxy) is 2. The third-order valence-electron chi connectivity index (χ3n) is 3.74. The van der Waals surface area contributed by atoms with Crippen LogP contribution in [0.3, 0.4) is 0 Å². The Bertz CT molecular complexity index is 926. The molecule has 0 unspecified atom stereocenters. The number of hydrogen-bond donors (Lipinski definition) is 2. The second kappa shape index (κ2) is 7.52. The number of aryl methyl sites for hydroxylation is 1. The molecule has 7 nitrogen and oxygen atoms in total. The minimum atomic E-state index is -0.414. The van der Waals surface area contributed by atoms with Crippen LogP contribution in [0.1, 0.15) is 15.9 Å². The number of nitrogen functional groups attached to an aromatic ring is 1. The summed E-state index contributed by atoms with van der Waals surface area (Å²) in [5, 5.41) is 3.18. The van der Waals surface area contributed by atoms with Crippen molar-refractivity contribution in [1.29, 1.82) is 0 Å². The van der Waals surface area contributed by atoms with E-state index in [0.29, 0.717) is 17.1 Å². The van der Waals surface area contributed by atoms with Crippen LogP contribution >= 0.6 is 0 Å². The maximum absolute atomic E-state index is 11.5. The predicted molar refractivity (Wildman–Crippen MR) is 98.8 cm³/mol. The lowest BCUT2D eigenvalue weighted by Crippen LogP contribution is -2.04. The molecule has 3 rings (SSSR count). The molecule has 1 heterocycles. The van der Waals surface area contributed by atoms with E-state index in [4.69, 9.17) is 10.5 Å². The van der Waals surface area contributed by atoms with Gasteiger partial charge in [-0.15, -0.1) is 0 Å². The molecule has 0 saturated heterocycles. The van der Waals surface area contributed by atoms with Crippen molar-refractivity contribution in [1.82, 2.24) is 9.97 Å². The number of nitrogens with one attached hydrogen (secondary N) is 1. The molecule has 0 fully saturated rings. The molecule has 1 aromatic heterocycles. The smallest absolute Gasteiger partial charge is 0.337 e. The fraction of sp³-hybridized carbons (Fsp3) is 0.105. The predicted octanol–water partition coefficient (Wildman–Crippen LogP) is 3.69. The summed E-state index contributed by atoms with van der Waals surface area (Å²) >= 11 is 0. The molecule has 0 aliphatic rings. The fourth-order valence-electron chi connectivity index (χ4n) is 2.29. The molecule has 0 aliphatic heterocycles. The molecule has 0 aliphatic carbocycles. The first-order chi connectivity index (χ1) is 12.6. The van der Waals surface area contributed by atoms with Crippen LogP contribution in [-0.4, -0.2) is 23.0 Å². The highest BCUT2D eigenvalue weighted by Crippen LogP contribution is 2.31. The number of para-hydroxylation sites is 1. The zero-order valence-corrected chi connectivity index (χ0v) is 14.4. The molecule has 0 amide bonds. The molecule has 0 bridgehead atoms. The summed E-state index contributed by atoms with van der Waals surface area (Å²) in [5.74, 6) is 0.755. The van der Waals surface area contributed by atoms with Gasteiger partial charge in [0.25, 0.3) is 0 Å². The Morgan fingerprint density at radius 1 is 1.08 bits per heavy atom. The Balaban J connectivity index is 1.81. The lowest BCUT2D eigenvalue weighted by Gasteiger charge is -2.13. The number of carbonyl (C=O) groups excluding carboxylic acids is 1. The second-order valence-electron chi connectivity index (χ2n) is 5.50. The second-order valence-corrected chi connectivity index (χ2v) is 5.50. The minimum absolute atomic E-state index is 0.224. The van der Waals surface area contributed by atoms with E-state index in [9.17, 15) is 4.79 Å². The van der Waals surface area contributed by atoms with Gasteiger partial charge in [0, 0.05) is 5.69 Å². The number of carbonyl (C=O) groups is 1. The molecule has 2 aromatic carbocycles. The lowest BCUT2D eigenvalue weighted by atomic mass is 10.2. The average molecular weight is 350 g/mol. The summed E-state index contributed by atoms with van der Waals surface area (Å²) in [6.45, 7) is 1.99. The van der Waals surface area contributed by atoms with Crippen LogP contribution in [0.5, 0.6) is 11.6 Å². The Kier molecular flexibility index (Phi) is 4.98. The number of nitrogens with two attached hydrogens (primary N) is 1. The Morgan fingerprint density at radius 2 is 1.81 bits per heavy atom. The first kappa shape index (κ1) is 17.2. The van der Waals surface area contributed by atoms with Crippen LogP contribution < -0.4 is 15.8 Å². The van der Waals surface area contributed by atoms with Crippen molar-refractivity contribution in [2.45, 2.75) is 6.92 Å². The van der Waals surface area contributed by atoms with Crippen molar-refractivity contribution in [2.75, 3.05) is 18.2 Å². The van der Waals surface area contributed by atoms with Crippen molar-refractivity contribution in [3.63, 3.8) is 0 Å². The number of aromatic nitrogens is 2. The monoisotopic (exact) mass is 350 g/mol. The normalized spacial score (nSPS) is 10.2. The van der Waals surface area contributed by atoms with Gasteiger partial charge in [0.2, 0.25) is 5.88 Å². The van der Waals surface area contributed by atoms with Gasteiger partial charge in [-0.05, 0) is 42.8 Å². The molecule has 0 atom stereocenters. The third-order valence-corrected chi connectivity index (χ3v) is 3.74. The van der Waals surface area contributed by atoms with Crippen LogP contribution in [0.4, 0.5) is 17.2 Å². The van der Waals surface area contributed by atoms with Crippen molar-refractivity contribution in [3.05, 3.63) is 66.0 Å². The van der Waals surface area contributed by atoms with Crippen LogP contribution in [0.2, 0.25) is 0 Å². The number of rotatable bonds is 5. The van der Waals surface area contributed by atoms with Gasteiger partial charge in [0.05, 0.1) is 12.7 Å². The van der Waals surface area contributed by atoms with Crippen molar-refractivity contribution >= 4 is 23.2 Å². The molecule has 132 valence electrons. The van der Waals surface area contributed by atoms with Crippen molar-refractivity contribution in [3.8, 4) is 11.6 Å². The van der Waals surface area contributed by atoms with Crippen LogP contribution in [0, 0.1) is 6.92 Å². The molecular formula is C19H18N4O3. The molecule has 7 heteroatoms. The van der Waals surface area contributed by atoms with Crippen LogP contribution in [0.25, 0.3) is 0 Å². The summed E-state index contributed by atoms with van der Waals surface area (Å²) < 4.78 is 10.4. The molecular weight excluding hydrogens is 332 g/mol. The Labute approximate surface area is 150 Å². The number of esters is 1. The molecule has 0 radical (unpaired) electrons. The number of nitrogens with zero attached hydrogens (tertiary/aromatic N) is 2. The maximum atomic E-state index is 11.5. The van der Waals surface area contributed by atoms with Gasteiger partial charge in [-0.3, -0.25) is 0 Å². The van der Waals surface area contributed by atoms with Gasteiger partial charge in [-0.2, -0.15) is 4.98 Å². The maximum Gasteiger partial charge on any atom is 0.337 e. The van der Waals surface area contributed by atoms with E-state index in [1.54, 1.807) is 24.3 Å². The van der Waals surface area contributed by atoms with Crippen molar-refractivity contribution < 1.29 is 14.3 Å². The first-order valence-electron chi connectivity index (χ1n) is 7.88. The van der Waals surface area contributed by atoms with Gasteiger partial charge in [0.1, 0.15) is 17.8 Å². The van der Waals surface area contributed by atoms with E-state index in [-0.39, 0.29) is 11.6 Å². The van der Waals surface area contributed by atoms with Crippen LogP contribution in [-0.2, 0) is 4.74 Å². The van der Waals surface area contributed by atoms with E-state index in [0.717, 1.165) is 11.3 Å². The zero-order valence-electron chi connectivity index (χ0n) is 14.4. The Morgan fingerprint density at radius 3 is 2.50 bits per heavy atom. The van der Waals surface area contributed by atoms with Crippen LogP contribution in [0.15, 0.2) is 54.9 Å². The molecule has 0 saturated carbocycles. The first-order valence-corrected chi connectivity index (χ1v) is 7.88. The molecule has 3 N–H and O–H groups in total. The topological polar surface area (TPSA) is 99.4 Å². The van der Waals surface area contributed by atoms with Gasteiger partial charge in [-0.25, -0.2) is 9.78 Å². The van der Waals surface area contributed by atoms with Gasteiger partial charge >= 0.3 is 5.97 Å². The Hall–Kier alpha value is -3.61. The van der Waals surface area contributed by atoms with E-state index in [2.05, 4.69) is 20.0 Å². The number of benzene rings is 2. The SMILES string of the molecule is COC(=O)c1ccc(Oc2ncnc(Nc3ccccc3C)c2N)cc1. The summed E-state index contributed by atoms with van der Waals surface area (Å²) in [4.78, 5) is 19.7. The number of hydrogen-bond acceptors (Lipinski definition) is 7. The van der Waals surface area contributed by atoms with E-state index in [1.165, 1.54) is 13.4 Å². The van der Waals surface area contributed by atoms with E-state index in [1.807, 2.05) is 31.2 Å². The molecule has 3 aromatic rings. The number of anilines is 3. The highest BCUT2D eigenvalue weighted by molar-refractivity contribution is 5.89. The summed E-state index contributed by atoms with van der Waals surface area (Å²) in [6.07, 6.45) is 1.37. The largest absolute Gasteiger partial charge is 0.465 e. The van der Waals surface area contributed by atoms with E-state index < -0.39 is 5.97 Å². The quantitative estimate of drug-likeness (QED) is 0.677. The molecule has 0 spiro atoms. The fourth-order valence-corrected chi connectivity index (χ4v) is 2.29. The molecule has 26 heavy (non-hydrogen) atoms. The minimum Gasteiger partial charge on any atom is -0.465 e. The third kappa shape index (κ3) is 3.72. The van der Waals surface area contributed by atoms with Gasteiger partial charge < -0.3 is 20.5 Å². The lowest BCUT2D eigenvalue weighted by molar-refractivity contribution is 0.0600. The zero-order chi connectivity index (χ0) is 18.5. The highest BCUT2D eigenvalue weighted by Gasteiger charge is 2.12. The number of methoxy groups -OCH3 is 1. The highest BCUT2D eigenvalue weighted by atomic mass is 16.5. The summed E-state index contributed by atoms with van der Waals surface area (Å²) in [6, 6.07) is 14.3. The summed E-state index contributed by atoms with van der Waals surface area (Å²) in [5.41, 5.74) is 8.81. The standard InChI is InChI=1S/C19H18N4O3/c1-12-5-3-4-6-15(12)23-17-16(20)18(22-11-21-17)26-14-9-7-13(8-10-14)19(24)25-2/h3-11H,20H2,1-2H3,(H,21,22,23). The van der Waals surface area contributed by atoms with E-state index >= 15 is 0 Å². The average Bonchev–Trinajstić information content (AvgIpc) is 2.66. The van der Waals surface area contributed by atoms with Gasteiger partial charge in [-0.1, -0.05) is 18.2 Å². The van der Waals surface area contributed by atoms with Gasteiger partial charge in [0.15, 0.2) is 5.82 Å². The van der Waals surface area contributed by atoms with Crippen molar-refractivity contribution in [2.24, 2.45) is 0 Å². The summed E-state index contributed by atoms with van der Waals surface area (Å²) in [7, 11) is 1.33.